The van der Waals surface area contributed by atoms with Crippen molar-refractivity contribution in [2.75, 3.05) is 0 Å². The minimum Gasteiger partial charge on any atom is -0.357 e. The van der Waals surface area contributed by atoms with Gasteiger partial charge in [-0.05, 0) is 25.0 Å². The van der Waals surface area contributed by atoms with E-state index in [-0.39, 0.29) is 22.4 Å². The summed E-state index contributed by atoms with van der Waals surface area (Å²) in [6, 6.07) is 13.8. The molecule has 1 aliphatic heterocycles. The number of nitro groups is 1. The minimum absolute atomic E-state index is 0.0273. The van der Waals surface area contributed by atoms with Gasteiger partial charge in [0.1, 0.15) is 5.78 Å². The number of hydrogen-bond donors (Lipinski definition) is 2. The monoisotopic (exact) mass is 335 g/mol. The van der Waals surface area contributed by atoms with E-state index in [0.717, 1.165) is 22.2 Å². The lowest BCUT2D eigenvalue weighted by atomic mass is 9.88. The number of Topliss-reactive ketones (excluding diaryl/α,β-unsaturated/α-hetero) is 1. The fourth-order valence-electron chi connectivity index (χ4n) is 3.64. The van der Waals surface area contributed by atoms with Crippen LogP contribution in [0.3, 0.4) is 0 Å². The molecule has 3 aromatic rings. The molecule has 0 radical (unpaired) electrons. The summed E-state index contributed by atoms with van der Waals surface area (Å²) in [5.74, 6) is 0.0273. The maximum Gasteiger partial charge on any atom is 0.274 e. The Labute approximate surface area is 144 Å². The molecule has 0 spiro atoms. The van der Waals surface area contributed by atoms with Crippen LogP contribution in [0.2, 0.25) is 0 Å². The molecule has 2 heterocycles. The van der Waals surface area contributed by atoms with Crippen molar-refractivity contribution in [2.24, 2.45) is 0 Å². The van der Waals surface area contributed by atoms with Gasteiger partial charge in [0.05, 0.1) is 22.6 Å². The first kappa shape index (κ1) is 15.5. The lowest BCUT2D eigenvalue weighted by molar-refractivity contribution is -0.385. The fourth-order valence-corrected chi connectivity index (χ4v) is 3.64. The lowest BCUT2D eigenvalue weighted by Gasteiger charge is -2.30. The average Bonchev–Trinajstić information content (AvgIpc) is 2.99. The molecule has 0 fully saturated rings. The second kappa shape index (κ2) is 5.82. The van der Waals surface area contributed by atoms with Crippen LogP contribution in [0.1, 0.15) is 29.8 Å². The third-order valence-corrected chi connectivity index (χ3v) is 4.85. The van der Waals surface area contributed by atoms with Gasteiger partial charge in [-0.2, -0.15) is 0 Å². The molecule has 4 rings (SSSR count). The zero-order valence-corrected chi connectivity index (χ0v) is 13.7. The number of nitrogens with one attached hydrogen (secondary N) is 2. The molecule has 2 atom stereocenters. The Balaban J connectivity index is 1.94. The van der Waals surface area contributed by atoms with E-state index in [0.29, 0.717) is 12.0 Å². The average molecular weight is 335 g/mol. The Morgan fingerprint density at radius 1 is 1.16 bits per heavy atom. The molecule has 6 heteroatoms. The third-order valence-electron chi connectivity index (χ3n) is 4.85. The van der Waals surface area contributed by atoms with Gasteiger partial charge in [0.2, 0.25) is 0 Å². The summed E-state index contributed by atoms with van der Waals surface area (Å²) in [7, 11) is 0. The number of aromatic nitrogens is 1. The minimum atomic E-state index is -0.424. The number of H-pyrrole nitrogens is 1. The van der Waals surface area contributed by atoms with Crippen LogP contribution in [0.15, 0.2) is 48.5 Å². The lowest BCUT2D eigenvalue weighted by Crippen LogP contribution is -2.44. The number of carbonyl (C=O) groups is 1. The number of fused-ring (bicyclic) bond motifs is 3. The molecular formula is C19H17N3O3. The van der Waals surface area contributed by atoms with Gasteiger partial charge in [-0.3, -0.25) is 20.2 Å². The predicted molar refractivity (Wildman–Crippen MR) is 94.5 cm³/mol. The SMILES string of the molecule is CC(=O)C1Cc2c([nH]c3ccccc23)C(c2ccccc2[N+](=O)[O-])N1. The van der Waals surface area contributed by atoms with Crippen LogP contribution in [0, 0.1) is 10.1 Å². The predicted octanol–water partition coefficient (Wildman–Crippen LogP) is 3.27. The number of benzene rings is 2. The summed E-state index contributed by atoms with van der Waals surface area (Å²) in [6.07, 6.45) is 0.575. The normalized spacial score (nSPS) is 19.6. The second-order valence-corrected chi connectivity index (χ2v) is 6.35. The molecular weight excluding hydrogens is 318 g/mol. The number of carbonyl (C=O) groups excluding carboxylic acids is 1. The van der Waals surface area contributed by atoms with Crippen molar-refractivity contribution < 1.29 is 9.72 Å². The molecule has 0 saturated carbocycles. The van der Waals surface area contributed by atoms with Gasteiger partial charge < -0.3 is 4.98 Å². The van der Waals surface area contributed by atoms with Gasteiger partial charge in [-0.25, -0.2) is 0 Å². The van der Waals surface area contributed by atoms with E-state index < -0.39 is 6.04 Å². The van der Waals surface area contributed by atoms with Crippen molar-refractivity contribution in [1.29, 1.82) is 0 Å². The highest BCUT2D eigenvalue weighted by Gasteiger charge is 2.35. The summed E-state index contributed by atoms with van der Waals surface area (Å²) >= 11 is 0. The van der Waals surface area contributed by atoms with Crippen LogP contribution in [-0.4, -0.2) is 21.7 Å². The standard InChI is InChI=1S/C19H17N3O3/c1-11(23)16-10-14-12-6-2-4-8-15(12)20-19(14)18(21-16)13-7-3-5-9-17(13)22(24)25/h2-9,16,18,20-21H,10H2,1H3. The highest BCUT2D eigenvalue weighted by Crippen LogP contribution is 2.38. The van der Waals surface area contributed by atoms with Crippen molar-refractivity contribution in [3.63, 3.8) is 0 Å². The number of ketones is 1. The van der Waals surface area contributed by atoms with Gasteiger partial charge in [-0.15, -0.1) is 0 Å². The summed E-state index contributed by atoms with van der Waals surface area (Å²) in [4.78, 5) is 26.5. The van der Waals surface area contributed by atoms with Gasteiger partial charge in [0.25, 0.3) is 5.69 Å². The van der Waals surface area contributed by atoms with Crippen molar-refractivity contribution in [1.82, 2.24) is 10.3 Å². The molecule has 0 saturated heterocycles. The van der Waals surface area contributed by atoms with E-state index in [1.165, 1.54) is 6.07 Å². The largest absolute Gasteiger partial charge is 0.357 e. The molecule has 2 aromatic carbocycles. The van der Waals surface area contributed by atoms with Crippen molar-refractivity contribution in [3.8, 4) is 0 Å². The first-order chi connectivity index (χ1) is 12.1. The van der Waals surface area contributed by atoms with E-state index in [1.54, 1.807) is 25.1 Å². The Morgan fingerprint density at radius 2 is 1.88 bits per heavy atom. The molecule has 25 heavy (non-hydrogen) atoms. The first-order valence-corrected chi connectivity index (χ1v) is 8.15. The third kappa shape index (κ3) is 2.51. The Morgan fingerprint density at radius 3 is 2.64 bits per heavy atom. The molecule has 6 nitrogen and oxygen atoms in total. The van der Waals surface area contributed by atoms with Gasteiger partial charge in [-0.1, -0.05) is 36.4 Å². The van der Waals surface area contributed by atoms with Crippen LogP contribution in [-0.2, 0) is 11.2 Å². The van der Waals surface area contributed by atoms with Crippen molar-refractivity contribution in [3.05, 3.63) is 75.5 Å². The number of aromatic amines is 1. The smallest absolute Gasteiger partial charge is 0.274 e. The molecule has 0 amide bonds. The van der Waals surface area contributed by atoms with E-state index in [9.17, 15) is 14.9 Å². The first-order valence-electron chi connectivity index (χ1n) is 8.15. The van der Waals surface area contributed by atoms with Crippen LogP contribution < -0.4 is 5.32 Å². The Hall–Kier alpha value is -2.99. The number of nitrogens with zero attached hydrogens (tertiary/aromatic N) is 1. The fraction of sp³-hybridized carbons (Fsp3) is 0.211. The molecule has 1 aromatic heterocycles. The zero-order chi connectivity index (χ0) is 17.6. The number of nitro benzene ring substituents is 1. The number of para-hydroxylation sites is 2. The summed E-state index contributed by atoms with van der Waals surface area (Å²) < 4.78 is 0. The highest BCUT2D eigenvalue weighted by molar-refractivity contribution is 5.88. The van der Waals surface area contributed by atoms with Crippen LogP contribution in [0.4, 0.5) is 5.69 Å². The molecule has 2 unspecified atom stereocenters. The molecule has 0 bridgehead atoms. The van der Waals surface area contributed by atoms with Gasteiger partial charge in [0.15, 0.2) is 0 Å². The summed E-state index contributed by atoms with van der Waals surface area (Å²) in [6.45, 7) is 1.55. The van der Waals surface area contributed by atoms with Crippen molar-refractivity contribution in [2.45, 2.75) is 25.4 Å². The maximum atomic E-state index is 12.1. The van der Waals surface area contributed by atoms with E-state index >= 15 is 0 Å². The molecule has 0 aliphatic carbocycles. The molecule has 126 valence electrons. The summed E-state index contributed by atoms with van der Waals surface area (Å²) in [5.41, 5.74) is 3.54. The van der Waals surface area contributed by atoms with E-state index in [2.05, 4.69) is 10.3 Å². The quantitative estimate of drug-likeness (QED) is 0.568. The van der Waals surface area contributed by atoms with Crippen LogP contribution >= 0.6 is 0 Å². The van der Waals surface area contributed by atoms with E-state index in [4.69, 9.17) is 0 Å². The van der Waals surface area contributed by atoms with E-state index in [1.807, 2.05) is 24.3 Å². The second-order valence-electron chi connectivity index (χ2n) is 6.35. The highest BCUT2D eigenvalue weighted by atomic mass is 16.6. The van der Waals surface area contributed by atoms with Gasteiger partial charge >= 0.3 is 0 Å². The topological polar surface area (TPSA) is 88.0 Å². The molecule has 2 N–H and O–H groups in total. The number of hydrogen-bond acceptors (Lipinski definition) is 4. The summed E-state index contributed by atoms with van der Waals surface area (Å²) in [5, 5.41) is 15.8. The zero-order valence-electron chi connectivity index (χ0n) is 13.7. The van der Waals surface area contributed by atoms with Gasteiger partial charge in [0, 0.05) is 22.7 Å². The van der Waals surface area contributed by atoms with Crippen molar-refractivity contribution >= 4 is 22.4 Å². The van der Waals surface area contributed by atoms with Crippen LogP contribution in [0.25, 0.3) is 10.9 Å². The number of rotatable bonds is 3. The molecule has 1 aliphatic rings. The maximum absolute atomic E-state index is 12.1. The Bertz CT molecular complexity index is 992. The van der Waals surface area contributed by atoms with Crippen LogP contribution in [0.5, 0.6) is 0 Å². The Kier molecular flexibility index (Phi) is 3.62.